The van der Waals surface area contributed by atoms with E-state index < -0.39 is 10.2 Å². The maximum Gasteiger partial charge on any atom is 0.271 e. The third kappa shape index (κ3) is 4.13. The SMILES string of the molecule is NS(N)(=O)=O.Nc1ccc2ccccc2c1C=O. The number of anilines is 1. The van der Waals surface area contributed by atoms with Gasteiger partial charge in [0.05, 0.1) is 0 Å². The molecule has 0 unspecified atom stereocenters. The topological polar surface area (TPSA) is 129 Å². The molecule has 0 heterocycles. The van der Waals surface area contributed by atoms with Gasteiger partial charge in [-0.25, -0.2) is 10.3 Å². The minimum absolute atomic E-state index is 0.536. The summed E-state index contributed by atoms with van der Waals surface area (Å²) in [4.78, 5) is 10.8. The Kier molecular flexibility index (Phi) is 4.38. The van der Waals surface area contributed by atoms with Crippen LogP contribution >= 0.6 is 0 Å². The molecule has 0 radical (unpaired) electrons. The number of rotatable bonds is 1. The van der Waals surface area contributed by atoms with Gasteiger partial charge in [0, 0.05) is 11.3 Å². The van der Waals surface area contributed by atoms with Gasteiger partial charge in [0.1, 0.15) is 0 Å². The molecular weight excluding hydrogens is 254 g/mol. The van der Waals surface area contributed by atoms with Gasteiger partial charge in [0.15, 0.2) is 6.29 Å². The zero-order valence-electron chi connectivity index (χ0n) is 9.41. The molecule has 2 aromatic carbocycles. The molecule has 0 spiro atoms. The van der Waals surface area contributed by atoms with Gasteiger partial charge in [0.2, 0.25) is 0 Å². The Morgan fingerprint density at radius 1 is 1.00 bits per heavy atom. The van der Waals surface area contributed by atoms with Gasteiger partial charge in [0.25, 0.3) is 10.2 Å². The van der Waals surface area contributed by atoms with Crippen molar-refractivity contribution in [3.63, 3.8) is 0 Å². The third-order valence-corrected chi connectivity index (χ3v) is 2.12. The monoisotopic (exact) mass is 267 g/mol. The number of carbonyl (C=O) groups is 1. The zero-order chi connectivity index (χ0) is 13.8. The molecule has 6 nitrogen and oxygen atoms in total. The maximum absolute atomic E-state index is 10.8. The molecule has 2 aromatic rings. The summed E-state index contributed by atoms with van der Waals surface area (Å²) in [5, 5.41) is 10.2. The first-order valence-corrected chi connectivity index (χ1v) is 6.47. The van der Waals surface area contributed by atoms with Crippen molar-refractivity contribution in [3.8, 4) is 0 Å². The second-order valence-corrected chi connectivity index (χ2v) is 4.67. The van der Waals surface area contributed by atoms with Crippen molar-refractivity contribution in [1.82, 2.24) is 0 Å². The Morgan fingerprint density at radius 3 is 2.11 bits per heavy atom. The lowest BCUT2D eigenvalue weighted by molar-refractivity contribution is 0.112. The average molecular weight is 267 g/mol. The number of carbonyl (C=O) groups excluding carboxylic acids is 1. The van der Waals surface area contributed by atoms with E-state index in [9.17, 15) is 13.2 Å². The summed E-state index contributed by atoms with van der Waals surface area (Å²) in [6, 6.07) is 11.4. The number of aldehydes is 1. The van der Waals surface area contributed by atoms with Crippen molar-refractivity contribution in [2.45, 2.75) is 0 Å². The number of benzene rings is 2. The first-order valence-electron chi connectivity index (χ1n) is 4.86. The van der Waals surface area contributed by atoms with Gasteiger partial charge < -0.3 is 5.73 Å². The summed E-state index contributed by atoms with van der Waals surface area (Å²) in [6.07, 6.45) is 0.803. The van der Waals surface area contributed by atoms with Crippen molar-refractivity contribution < 1.29 is 13.2 Å². The van der Waals surface area contributed by atoms with Crippen LogP contribution in [0.2, 0.25) is 0 Å². The fourth-order valence-corrected chi connectivity index (χ4v) is 1.44. The minimum atomic E-state index is -3.67. The van der Waals surface area contributed by atoms with Crippen LogP contribution in [0.3, 0.4) is 0 Å². The summed E-state index contributed by atoms with van der Waals surface area (Å²) in [7, 11) is -3.67. The molecule has 0 fully saturated rings. The molecule has 0 aromatic heterocycles. The lowest BCUT2D eigenvalue weighted by Gasteiger charge is -2.02. The van der Waals surface area contributed by atoms with E-state index >= 15 is 0 Å². The van der Waals surface area contributed by atoms with Crippen molar-refractivity contribution in [2.75, 3.05) is 5.73 Å². The first-order chi connectivity index (χ1) is 8.33. The molecule has 0 bridgehead atoms. The van der Waals surface area contributed by atoms with Crippen LogP contribution in [-0.4, -0.2) is 14.7 Å². The van der Waals surface area contributed by atoms with Gasteiger partial charge in [-0.3, -0.25) is 4.79 Å². The maximum atomic E-state index is 10.8. The van der Waals surface area contributed by atoms with E-state index in [2.05, 4.69) is 10.3 Å². The molecular formula is C11H13N3O3S. The Labute approximate surface area is 105 Å². The van der Waals surface area contributed by atoms with Crippen molar-refractivity contribution in [2.24, 2.45) is 10.3 Å². The highest BCUT2D eigenvalue weighted by Crippen LogP contribution is 2.22. The predicted octanol–water partition coefficient (Wildman–Crippen LogP) is 0.383. The van der Waals surface area contributed by atoms with Crippen LogP contribution in [0.5, 0.6) is 0 Å². The lowest BCUT2D eigenvalue weighted by atomic mass is 10.0. The fraction of sp³-hybridized carbons (Fsp3) is 0. The molecule has 6 N–H and O–H groups in total. The molecule has 0 aliphatic rings. The molecule has 0 saturated carbocycles. The zero-order valence-corrected chi connectivity index (χ0v) is 10.2. The van der Waals surface area contributed by atoms with E-state index in [1.54, 1.807) is 6.07 Å². The van der Waals surface area contributed by atoms with Gasteiger partial charge >= 0.3 is 0 Å². The van der Waals surface area contributed by atoms with Gasteiger partial charge in [-0.15, -0.1) is 0 Å². The highest BCUT2D eigenvalue weighted by Gasteiger charge is 2.02. The van der Waals surface area contributed by atoms with E-state index in [1.807, 2.05) is 30.3 Å². The second kappa shape index (κ2) is 5.58. The highest BCUT2D eigenvalue weighted by molar-refractivity contribution is 7.86. The van der Waals surface area contributed by atoms with Crippen LogP contribution in [0, 0.1) is 0 Å². The normalized spacial score (nSPS) is 10.6. The van der Waals surface area contributed by atoms with Crippen molar-refractivity contribution in [3.05, 3.63) is 42.0 Å². The first kappa shape index (κ1) is 14.1. The fourth-order valence-electron chi connectivity index (χ4n) is 1.44. The molecule has 0 atom stereocenters. The molecule has 18 heavy (non-hydrogen) atoms. The summed E-state index contributed by atoms with van der Waals surface area (Å²) in [6.45, 7) is 0. The Balaban J connectivity index is 0.000000280. The quantitative estimate of drug-likeness (QED) is 0.509. The standard InChI is InChI=1S/C11H9NO.H4N2O2S/c12-11-6-5-8-3-1-2-4-9(8)10(11)7-13;1-5(2,3)4/h1-7H,12H2;(H4,1,2,3,4). The summed E-state index contributed by atoms with van der Waals surface area (Å²) in [5.74, 6) is 0. The van der Waals surface area contributed by atoms with Crippen molar-refractivity contribution in [1.29, 1.82) is 0 Å². The summed E-state index contributed by atoms with van der Waals surface area (Å²) < 4.78 is 18.4. The summed E-state index contributed by atoms with van der Waals surface area (Å²) >= 11 is 0. The van der Waals surface area contributed by atoms with Crippen molar-refractivity contribution >= 4 is 33.0 Å². The van der Waals surface area contributed by atoms with E-state index in [-0.39, 0.29) is 0 Å². The third-order valence-electron chi connectivity index (χ3n) is 2.12. The molecule has 0 saturated heterocycles. The Morgan fingerprint density at radius 2 is 1.56 bits per heavy atom. The van der Waals surface area contributed by atoms with E-state index in [1.165, 1.54) is 0 Å². The van der Waals surface area contributed by atoms with E-state index in [0.717, 1.165) is 17.1 Å². The molecule has 96 valence electrons. The molecule has 2 rings (SSSR count). The van der Waals surface area contributed by atoms with Crippen LogP contribution < -0.4 is 16.0 Å². The lowest BCUT2D eigenvalue weighted by Crippen LogP contribution is -2.21. The number of nitrogen functional groups attached to an aromatic ring is 1. The van der Waals surface area contributed by atoms with Gasteiger partial charge in [-0.1, -0.05) is 30.3 Å². The van der Waals surface area contributed by atoms with Gasteiger partial charge in [-0.05, 0) is 16.8 Å². The predicted molar refractivity (Wildman–Crippen MR) is 71.0 cm³/mol. The number of hydrogen-bond acceptors (Lipinski definition) is 4. The largest absolute Gasteiger partial charge is 0.398 e. The van der Waals surface area contributed by atoms with Crippen LogP contribution in [0.1, 0.15) is 10.4 Å². The number of nitrogens with two attached hydrogens (primary N) is 3. The molecule has 0 amide bonds. The number of hydrogen-bond donors (Lipinski definition) is 3. The van der Waals surface area contributed by atoms with Gasteiger partial charge in [-0.2, -0.15) is 8.42 Å². The highest BCUT2D eigenvalue weighted by atomic mass is 32.2. The number of fused-ring (bicyclic) bond motifs is 1. The summed E-state index contributed by atoms with van der Waals surface area (Å²) in [5.41, 5.74) is 6.78. The smallest absolute Gasteiger partial charge is 0.271 e. The van der Waals surface area contributed by atoms with Crippen LogP contribution in [0.15, 0.2) is 36.4 Å². The van der Waals surface area contributed by atoms with Crippen LogP contribution in [-0.2, 0) is 10.2 Å². The Bertz CT molecular complexity index is 660. The second-order valence-electron chi connectivity index (χ2n) is 3.50. The van der Waals surface area contributed by atoms with E-state index in [4.69, 9.17) is 5.73 Å². The minimum Gasteiger partial charge on any atom is -0.398 e. The average Bonchev–Trinajstić information content (AvgIpc) is 2.27. The van der Waals surface area contributed by atoms with E-state index in [0.29, 0.717) is 11.3 Å². The van der Waals surface area contributed by atoms with Crippen LogP contribution in [0.4, 0.5) is 5.69 Å². The van der Waals surface area contributed by atoms with Crippen LogP contribution in [0.25, 0.3) is 10.8 Å². The molecule has 0 aliphatic carbocycles. The molecule has 0 aliphatic heterocycles. The molecule has 7 heteroatoms. The Hall–Kier alpha value is -1.96.